The molecule has 0 saturated carbocycles. The number of thiol groups is 1. The molecule has 1 amide bonds. The summed E-state index contributed by atoms with van der Waals surface area (Å²) in [5.41, 5.74) is -0.0165. The highest BCUT2D eigenvalue weighted by Crippen LogP contribution is 2.13. The Hall–Kier alpha value is -2.01. The molecule has 0 heterocycles. The van der Waals surface area contributed by atoms with E-state index in [1.54, 1.807) is 0 Å². The maximum Gasteiger partial charge on any atom is 0.254 e. The van der Waals surface area contributed by atoms with Crippen molar-refractivity contribution in [3.8, 4) is 5.75 Å². The summed E-state index contributed by atoms with van der Waals surface area (Å²) in [5, 5.41) is 2.60. The number of carbonyl (C=O) groups excluding carboxylic acids is 1. The fraction of sp³-hybridized carbons (Fsp3) is 0.133. The van der Waals surface area contributed by atoms with Gasteiger partial charge < -0.3 is 10.1 Å². The first-order valence-electron chi connectivity index (χ1n) is 6.11. The summed E-state index contributed by atoms with van der Waals surface area (Å²) in [7, 11) is 0. The molecule has 0 fully saturated rings. The largest absolute Gasteiger partial charge is 0.492 e. The second kappa shape index (κ2) is 6.96. The fourth-order valence-corrected chi connectivity index (χ4v) is 1.84. The molecule has 0 saturated heterocycles. The molecule has 3 nitrogen and oxygen atoms in total. The molecule has 104 valence electrons. The Kier molecular flexibility index (Phi) is 5.01. The number of hydrogen-bond acceptors (Lipinski definition) is 3. The Bertz CT molecular complexity index is 590. The predicted molar refractivity (Wildman–Crippen MR) is 77.9 cm³/mol. The van der Waals surface area contributed by atoms with Crippen molar-refractivity contribution in [2.45, 2.75) is 4.90 Å². The van der Waals surface area contributed by atoms with Crippen molar-refractivity contribution in [2.24, 2.45) is 0 Å². The van der Waals surface area contributed by atoms with Gasteiger partial charge in [-0.15, -0.1) is 12.6 Å². The van der Waals surface area contributed by atoms with Gasteiger partial charge in [-0.2, -0.15) is 0 Å². The number of hydrogen-bond donors (Lipinski definition) is 2. The van der Waals surface area contributed by atoms with Crippen LogP contribution >= 0.6 is 12.6 Å². The third-order valence-electron chi connectivity index (χ3n) is 2.59. The molecule has 0 aliphatic heterocycles. The molecule has 2 rings (SSSR count). The Morgan fingerprint density at radius 2 is 1.95 bits per heavy atom. The second-order valence-corrected chi connectivity index (χ2v) is 4.60. The van der Waals surface area contributed by atoms with Crippen LogP contribution in [-0.2, 0) is 0 Å². The van der Waals surface area contributed by atoms with Crippen LogP contribution in [-0.4, -0.2) is 19.1 Å². The number of para-hydroxylation sites is 1. The molecule has 0 aliphatic carbocycles. The van der Waals surface area contributed by atoms with Gasteiger partial charge in [-0.1, -0.05) is 18.2 Å². The number of nitrogens with one attached hydrogen (secondary N) is 1. The highest BCUT2D eigenvalue weighted by Gasteiger charge is 2.11. The van der Waals surface area contributed by atoms with Crippen LogP contribution < -0.4 is 10.1 Å². The molecule has 20 heavy (non-hydrogen) atoms. The van der Waals surface area contributed by atoms with E-state index in [0.29, 0.717) is 18.0 Å². The first-order chi connectivity index (χ1) is 9.66. The molecule has 2 aromatic rings. The van der Waals surface area contributed by atoms with Gasteiger partial charge in [-0.05, 0) is 30.3 Å². The molecule has 0 atom stereocenters. The van der Waals surface area contributed by atoms with Gasteiger partial charge in [0.05, 0.1) is 12.1 Å². The molecule has 5 heteroatoms. The number of ether oxygens (including phenoxy) is 1. The van der Waals surface area contributed by atoms with Gasteiger partial charge in [-0.3, -0.25) is 4.79 Å². The monoisotopic (exact) mass is 291 g/mol. The van der Waals surface area contributed by atoms with E-state index in [1.807, 2.05) is 30.3 Å². The quantitative estimate of drug-likeness (QED) is 0.656. The van der Waals surface area contributed by atoms with Gasteiger partial charge in [0.1, 0.15) is 18.2 Å². The van der Waals surface area contributed by atoms with Gasteiger partial charge in [0, 0.05) is 4.90 Å². The number of amides is 1. The van der Waals surface area contributed by atoms with Crippen molar-refractivity contribution in [3.05, 3.63) is 59.9 Å². The fourth-order valence-electron chi connectivity index (χ4n) is 1.63. The molecule has 0 bridgehead atoms. The topological polar surface area (TPSA) is 38.3 Å². The molecular formula is C15H14FNO2S. The van der Waals surface area contributed by atoms with Crippen LogP contribution in [0.1, 0.15) is 10.4 Å². The number of carbonyl (C=O) groups is 1. The molecule has 0 radical (unpaired) electrons. The van der Waals surface area contributed by atoms with Crippen LogP contribution in [0.5, 0.6) is 5.75 Å². The summed E-state index contributed by atoms with van der Waals surface area (Å²) in [5.74, 6) is -0.315. The van der Waals surface area contributed by atoms with Crippen LogP contribution in [0.15, 0.2) is 53.4 Å². The second-order valence-electron chi connectivity index (χ2n) is 4.08. The maximum atomic E-state index is 13.5. The van der Waals surface area contributed by atoms with E-state index in [2.05, 4.69) is 17.9 Å². The Labute approximate surface area is 122 Å². The third kappa shape index (κ3) is 3.99. The number of benzene rings is 2. The lowest BCUT2D eigenvalue weighted by Crippen LogP contribution is -2.28. The lowest BCUT2D eigenvalue weighted by Gasteiger charge is -2.08. The van der Waals surface area contributed by atoms with Crippen LogP contribution in [0, 0.1) is 5.82 Å². The van der Waals surface area contributed by atoms with E-state index in [4.69, 9.17) is 4.74 Å². The van der Waals surface area contributed by atoms with E-state index in [0.717, 1.165) is 5.75 Å². The smallest absolute Gasteiger partial charge is 0.254 e. The molecule has 0 aliphatic rings. The van der Waals surface area contributed by atoms with Crippen LogP contribution in [0.25, 0.3) is 0 Å². The number of halogens is 1. The van der Waals surface area contributed by atoms with Gasteiger partial charge in [0.2, 0.25) is 0 Å². The summed E-state index contributed by atoms with van der Waals surface area (Å²) in [6.45, 7) is 0.613. The first-order valence-corrected chi connectivity index (χ1v) is 6.56. The number of rotatable bonds is 5. The Morgan fingerprint density at radius 3 is 2.70 bits per heavy atom. The highest BCUT2D eigenvalue weighted by molar-refractivity contribution is 7.80. The predicted octanol–water partition coefficient (Wildman–Crippen LogP) is 2.92. The van der Waals surface area contributed by atoms with Gasteiger partial charge in [0.25, 0.3) is 5.91 Å². The zero-order valence-corrected chi connectivity index (χ0v) is 11.6. The summed E-state index contributed by atoms with van der Waals surface area (Å²) < 4.78 is 18.9. The maximum absolute atomic E-state index is 13.5. The van der Waals surface area contributed by atoms with Gasteiger partial charge in [-0.25, -0.2) is 4.39 Å². The van der Waals surface area contributed by atoms with Crippen LogP contribution in [0.3, 0.4) is 0 Å². The summed E-state index contributed by atoms with van der Waals surface area (Å²) in [6, 6.07) is 13.4. The average molecular weight is 291 g/mol. The van der Waals surface area contributed by atoms with Crippen LogP contribution in [0.2, 0.25) is 0 Å². The van der Waals surface area contributed by atoms with E-state index < -0.39 is 11.7 Å². The SMILES string of the molecule is O=C(NCCOc1ccccc1)c1cc(S)ccc1F. The molecule has 0 aromatic heterocycles. The third-order valence-corrected chi connectivity index (χ3v) is 2.87. The van der Waals surface area contributed by atoms with E-state index >= 15 is 0 Å². The molecule has 0 unspecified atom stereocenters. The van der Waals surface area contributed by atoms with Crippen molar-refractivity contribution in [3.63, 3.8) is 0 Å². The summed E-state index contributed by atoms with van der Waals surface area (Å²) in [6.07, 6.45) is 0. The lowest BCUT2D eigenvalue weighted by atomic mass is 10.2. The molecular weight excluding hydrogens is 277 g/mol. The molecule has 1 N–H and O–H groups in total. The minimum absolute atomic E-state index is 0.0165. The summed E-state index contributed by atoms with van der Waals surface area (Å²) >= 11 is 4.08. The lowest BCUT2D eigenvalue weighted by molar-refractivity contribution is 0.0942. The average Bonchev–Trinajstić information content (AvgIpc) is 2.47. The van der Waals surface area contributed by atoms with Crippen molar-refractivity contribution in [1.82, 2.24) is 5.32 Å². The Morgan fingerprint density at radius 1 is 1.20 bits per heavy atom. The van der Waals surface area contributed by atoms with Crippen molar-refractivity contribution >= 4 is 18.5 Å². The van der Waals surface area contributed by atoms with Gasteiger partial charge in [0.15, 0.2) is 0 Å². The van der Waals surface area contributed by atoms with Gasteiger partial charge >= 0.3 is 0 Å². The molecule has 2 aromatic carbocycles. The minimum Gasteiger partial charge on any atom is -0.492 e. The zero-order chi connectivity index (χ0) is 14.4. The minimum atomic E-state index is -0.565. The zero-order valence-electron chi connectivity index (χ0n) is 10.7. The van der Waals surface area contributed by atoms with E-state index in [-0.39, 0.29) is 5.56 Å². The molecule has 0 spiro atoms. The van der Waals surface area contributed by atoms with Crippen molar-refractivity contribution in [2.75, 3.05) is 13.2 Å². The van der Waals surface area contributed by atoms with Crippen molar-refractivity contribution < 1.29 is 13.9 Å². The summed E-state index contributed by atoms with van der Waals surface area (Å²) in [4.78, 5) is 12.3. The standard InChI is InChI=1S/C15H14FNO2S/c16-14-7-6-12(20)10-13(14)15(18)17-8-9-19-11-4-2-1-3-5-11/h1-7,10,20H,8-9H2,(H,17,18). The Balaban J connectivity index is 1.82. The first kappa shape index (κ1) is 14.4. The van der Waals surface area contributed by atoms with Crippen molar-refractivity contribution in [1.29, 1.82) is 0 Å². The highest BCUT2D eigenvalue weighted by atomic mass is 32.1. The normalized spacial score (nSPS) is 10.1. The van der Waals surface area contributed by atoms with E-state index in [9.17, 15) is 9.18 Å². The van der Waals surface area contributed by atoms with E-state index in [1.165, 1.54) is 18.2 Å². The van der Waals surface area contributed by atoms with Crippen LogP contribution in [0.4, 0.5) is 4.39 Å².